The fourth-order valence-electron chi connectivity index (χ4n) is 1.22. The zero-order valence-electron chi connectivity index (χ0n) is 9.43. The van der Waals surface area contributed by atoms with Crippen LogP contribution in [0.5, 0.6) is 0 Å². The number of nitrogens with zero attached hydrogens (tertiary/aromatic N) is 1. The van der Waals surface area contributed by atoms with Crippen LogP contribution in [0, 0.1) is 11.3 Å². The van der Waals surface area contributed by atoms with Gasteiger partial charge in [-0.05, 0) is 24.3 Å². The van der Waals surface area contributed by atoms with Crippen LogP contribution in [-0.4, -0.2) is 13.1 Å². The molecule has 5 nitrogen and oxygen atoms in total. The highest BCUT2D eigenvalue weighted by molar-refractivity contribution is 5.90. The number of esters is 1. The summed E-state index contributed by atoms with van der Waals surface area (Å²) in [7, 11) is 1.32. The Bertz CT molecular complexity index is 475. The molecular weight excluding hydrogens is 218 g/mol. The van der Waals surface area contributed by atoms with Gasteiger partial charge in [0.05, 0.1) is 31.0 Å². The molecule has 0 fully saturated rings. The quantitative estimate of drug-likeness (QED) is 0.768. The number of allylic oxidation sites excluding steroid dienone is 1. The lowest BCUT2D eigenvalue weighted by Gasteiger charge is -2.07. The SMILES string of the molecule is COC(=O)c1cccc(N/C(N)=C/CC#N)c1. The van der Waals surface area contributed by atoms with E-state index in [0.29, 0.717) is 17.1 Å². The van der Waals surface area contributed by atoms with Crippen LogP contribution in [0.2, 0.25) is 0 Å². The Hall–Kier alpha value is -2.48. The average Bonchev–Trinajstić information content (AvgIpc) is 2.35. The van der Waals surface area contributed by atoms with E-state index in [-0.39, 0.29) is 6.42 Å². The molecule has 0 aliphatic rings. The fourth-order valence-corrected chi connectivity index (χ4v) is 1.22. The first-order valence-electron chi connectivity index (χ1n) is 4.95. The molecule has 0 aliphatic heterocycles. The molecule has 0 heterocycles. The highest BCUT2D eigenvalue weighted by Gasteiger charge is 2.05. The summed E-state index contributed by atoms with van der Waals surface area (Å²) in [6, 6.07) is 8.70. The second-order valence-electron chi connectivity index (χ2n) is 3.22. The average molecular weight is 231 g/mol. The summed E-state index contributed by atoms with van der Waals surface area (Å²) < 4.78 is 4.61. The van der Waals surface area contributed by atoms with E-state index in [1.165, 1.54) is 7.11 Å². The fraction of sp³-hybridized carbons (Fsp3) is 0.167. The Balaban J connectivity index is 2.79. The molecule has 1 aromatic rings. The van der Waals surface area contributed by atoms with Crippen LogP contribution in [0.25, 0.3) is 0 Å². The predicted octanol–water partition coefficient (Wildman–Crippen LogP) is 1.60. The molecule has 1 rings (SSSR count). The molecule has 3 N–H and O–H groups in total. The van der Waals surface area contributed by atoms with Crippen molar-refractivity contribution in [2.45, 2.75) is 6.42 Å². The van der Waals surface area contributed by atoms with Crippen molar-refractivity contribution >= 4 is 11.7 Å². The van der Waals surface area contributed by atoms with E-state index in [9.17, 15) is 4.79 Å². The molecule has 0 aliphatic carbocycles. The standard InChI is InChI=1S/C12H13N3O2/c1-17-12(16)9-4-2-5-10(8-9)15-11(14)6-3-7-13/h2,4-6,8,15H,3,14H2,1H3/b11-6+. The van der Waals surface area contributed by atoms with Crippen molar-refractivity contribution in [1.29, 1.82) is 5.26 Å². The van der Waals surface area contributed by atoms with Crippen molar-refractivity contribution in [3.05, 3.63) is 41.7 Å². The second-order valence-corrected chi connectivity index (χ2v) is 3.22. The molecular formula is C12H13N3O2. The van der Waals surface area contributed by atoms with Gasteiger partial charge >= 0.3 is 5.97 Å². The van der Waals surface area contributed by atoms with Crippen LogP contribution < -0.4 is 11.1 Å². The summed E-state index contributed by atoms with van der Waals surface area (Å²) >= 11 is 0. The zero-order chi connectivity index (χ0) is 12.7. The van der Waals surface area contributed by atoms with E-state index in [2.05, 4.69) is 10.1 Å². The van der Waals surface area contributed by atoms with Gasteiger partial charge in [-0.2, -0.15) is 5.26 Å². The van der Waals surface area contributed by atoms with Gasteiger partial charge in [0.1, 0.15) is 0 Å². The maximum atomic E-state index is 11.3. The van der Waals surface area contributed by atoms with Crippen molar-refractivity contribution in [3.8, 4) is 6.07 Å². The minimum atomic E-state index is -0.409. The van der Waals surface area contributed by atoms with Crippen LogP contribution in [-0.2, 0) is 4.74 Å². The molecule has 0 bridgehead atoms. The van der Waals surface area contributed by atoms with Crippen molar-refractivity contribution in [3.63, 3.8) is 0 Å². The van der Waals surface area contributed by atoms with Crippen LogP contribution in [0.1, 0.15) is 16.8 Å². The molecule has 0 unspecified atom stereocenters. The van der Waals surface area contributed by atoms with Gasteiger partial charge in [0.15, 0.2) is 0 Å². The lowest BCUT2D eigenvalue weighted by molar-refractivity contribution is 0.0601. The molecule has 0 amide bonds. The Morgan fingerprint density at radius 1 is 1.65 bits per heavy atom. The number of nitriles is 1. The van der Waals surface area contributed by atoms with Gasteiger partial charge in [0.25, 0.3) is 0 Å². The normalized spacial score (nSPS) is 10.5. The number of nitrogens with one attached hydrogen (secondary N) is 1. The second kappa shape index (κ2) is 6.18. The third-order valence-corrected chi connectivity index (χ3v) is 1.99. The molecule has 0 atom stereocenters. The smallest absolute Gasteiger partial charge is 0.337 e. The van der Waals surface area contributed by atoms with Gasteiger partial charge in [-0.1, -0.05) is 6.07 Å². The molecule has 0 spiro atoms. The molecule has 0 saturated carbocycles. The molecule has 17 heavy (non-hydrogen) atoms. The maximum Gasteiger partial charge on any atom is 0.337 e. The largest absolute Gasteiger partial charge is 0.465 e. The van der Waals surface area contributed by atoms with Crippen LogP contribution >= 0.6 is 0 Å². The van der Waals surface area contributed by atoms with Gasteiger partial charge in [-0.3, -0.25) is 0 Å². The number of ether oxygens (including phenoxy) is 1. The number of hydrogen-bond acceptors (Lipinski definition) is 5. The number of rotatable bonds is 4. The summed E-state index contributed by atoms with van der Waals surface area (Å²) in [5.41, 5.74) is 6.74. The van der Waals surface area contributed by atoms with E-state index < -0.39 is 5.97 Å². The summed E-state index contributed by atoms with van der Waals surface area (Å²) in [5.74, 6) is -0.0400. The lowest BCUT2D eigenvalue weighted by atomic mass is 10.2. The molecule has 0 saturated heterocycles. The Kier molecular flexibility index (Phi) is 4.58. The van der Waals surface area contributed by atoms with Crippen LogP contribution in [0.4, 0.5) is 5.69 Å². The first kappa shape index (κ1) is 12.6. The molecule has 0 radical (unpaired) electrons. The topological polar surface area (TPSA) is 88.1 Å². The molecule has 0 aromatic heterocycles. The Morgan fingerprint density at radius 2 is 2.41 bits per heavy atom. The van der Waals surface area contributed by atoms with Crippen molar-refractivity contribution in [2.75, 3.05) is 12.4 Å². The van der Waals surface area contributed by atoms with Gasteiger partial charge in [0, 0.05) is 5.69 Å². The highest BCUT2D eigenvalue weighted by atomic mass is 16.5. The molecule has 88 valence electrons. The Morgan fingerprint density at radius 3 is 3.06 bits per heavy atom. The van der Waals surface area contributed by atoms with Crippen LogP contribution in [0.3, 0.4) is 0 Å². The zero-order valence-corrected chi connectivity index (χ0v) is 9.43. The van der Waals surface area contributed by atoms with Crippen molar-refractivity contribution < 1.29 is 9.53 Å². The number of nitrogens with two attached hydrogens (primary N) is 1. The van der Waals surface area contributed by atoms with E-state index in [0.717, 1.165) is 0 Å². The number of anilines is 1. The number of carbonyl (C=O) groups is 1. The van der Waals surface area contributed by atoms with Crippen molar-refractivity contribution in [2.24, 2.45) is 5.73 Å². The lowest BCUT2D eigenvalue weighted by Crippen LogP contribution is -2.09. The van der Waals surface area contributed by atoms with Crippen LogP contribution in [0.15, 0.2) is 36.2 Å². The third kappa shape index (κ3) is 3.87. The molecule has 5 heteroatoms. The maximum absolute atomic E-state index is 11.3. The Labute approximate surface area is 99.5 Å². The first-order chi connectivity index (χ1) is 8.17. The summed E-state index contributed by atoms with van der Waals surface area (Å²) in [4.78, 5) is 11.3. The van der Waals surface area contributed by atoms with Gasteiger partial charge in [-0.25, -0.2) is 4.79 Å². The third-order valence-electron chi connectivity index (χ3n) is 1.99. The summed E-state index contributed by atoms with van der Waals surface area (Å²) in [5, 5.41) is 11.3. The number of methoxy groups -OCH3 is 1. The van der Waals surface area contributed by atoms with E-state index in [4.69, 9.17) is 11.0 Å². The monoisotopic (exact) mass is 231 g/mol. The predicted molar refractivity (Wildman–Crippen MR) is 63.9 cm³/mol. The van der Waals surface area contributed by atoms with Gasteiger partial charge < -0.3 is 15.8 Å². The minimum Gasteiger partial charge on any atom is -0.465 e. The number of carbonyl (C=O) groups excluding carboxylic acids is 1. The number of hydrogen-bond donors (Lipinski definition) is 2. The van der Waals surface area contributed by atoms with Gasteiger partial charge in [0.2, 0.25) is 0 Å². The van der Waals surface area contributed by atoms with Gasteiger partial charge in [-0.15, -0.1) is 0 Å². The highest BCUT2D eigenvalue weighted by Crippen LogP contribution is 2.12. The van der Waals surface area contributed by atoms with E-state index >= 15 is 0 Å². The molecule has 1 aromatic carbocycles. The first-order valence-corrected chi connectivity index (χ1v) is 4.95. The van der Waals surface area contributed by atoms with E-state index in [1.54, 1.807) is 30.3 Å². The van der Waals surface area contributed by atoms with E-state index in [1.807, 2.05) is 6.07 Å². The number of benzene rings is 1. The van der Waals surface area contributed by atoms with Crippen molar-refractivity contribution in [1.82, 2.24) is 0 Å². The minimum absolute atomic E-state index is 0.232. The summed E-state index contributed by atoms with van der Waals surface area (Å²) in [6.07, 6.45) is 1.79. The summed E-state index contributed by atoms with van der Waals surface area (Å²) in [6.45, 7) is 0.